The van der Waals surface area contributed by atoms with Crippen LogP contribution >= 0.6 is 11.3 Å². The molecule has 176 valence electrons. The molecule has 0 aliphatic carbocycles. The summed E-state index contributed by atoms with van der Waals surface area (Å²) in [5.74, 6) is 0.444. The monoisotopic (exact) mass is 483 g/mol. The van der Waals surface area contributed by atoms with Crippen molar-refractivity contribution in [1.82, 2.24) is 30.0 Å². The molecule has 1 fully saturated rings. The Morgan fingerprint density at radius 1 is 1.21 bits per heavy atom. The zero-order valence-corrected chi connectivity index (χ0v) is 20.6. The van der Waals surface area contributed by atoms with Crippen LogP contribution in [-0.4, -0.2) is 96.9 Å². The molecular formula is C20H26B3F2N7OS. The summed E-state index contributed by atoms with van der Waals surface area (Å²) in [5, 5.41) is 14.0. The number of aromatic nitrogens is 4. The summed E-state index contributed by atoms with van der Waals surface area (Å²) in [6, 6.07) is 3.49. The number of hydrogen-bond donors (Lipinski definition) is 1. The van der Waals surface area contributed by atoms with Gasteiger partial charge in [0.2, 0.25) is 0 Å². The number of amides is 2. The molecule has 0 unspecified atom stereocenters. The van der Waals surface area contributed by atoms with E-state index in [1.165, 1.54) is 11.3 Å². The Bertz CT molecular complexity index is 1170. The molecule has 0 aromatic carbocycles. The van der Waals surface area contributed by atoms with Crippen LogP contribution in [0, 0.1) is 6.92 Å². The van der Waals surface area contributed by atoms with Gasteiger partial charge in [0.1, 0.15) is 40.1 Å². The number of fused-ring (bicyclic) bond motifs is 1. The minimum Gasteiger partial charge on any atom is -0.324 e. The first-order valence-electron chi connectivity index (χ1n) is 11.3. The molecule has 0 atom stereocenters. The summed E-state index contributed by atoms with van der Waals surface area (Å²) < 4.78 is 26.2. The lowest BCUT2D eigenvalue weighted by Crippen LogP contribution is -2.59. The highest BCUT2D eigenvalue weighted by atomic mass is 32.1. The zero-order valence-electron chi connectivity index (χ0n) is 19.8. The van der Waals surface area contributed by atoms with Gasteiger partial charge < -0.3 is 9.80 Å². The maximum atomic E-state index is 13.1. The van der Waals surface area contributed by atoms with Gasteiger partial charge in [-0.1, -0.05) is 16.6 Å². The first kappa shape index (κ1) is 24.5. The van der Waals surface area contributed by atoms with Crippen molar-refractivity contribution in [3.63, 3.8) is 0 Å². The van der Waals surface area contributed by atoms with E-state index < -0.39 is 6.43 Å². The number of hydrogen-bond acceptors (Lipinski definition) is 7. The molecule has 0 bridgehead atoms. The van der Waals surface area contributed by atoms with Crippen molar-refractivity contribution in [2.75, 3.05) is 25.0 Å². The van der Waals surface area contributed by atoms with Crippen molar-refractivity contribution in [2.45, 2.75) is 37.5 Å². The van der Waals surface area contributed by atoms with Crippen LogP contribution in [0.3, 0.4) is 0 Å². The predicted octanol–water partition coefficient (Wildman–Crippen LogP) is 0.531. The van der Waals surface area contributed by atoms with E-state index in [-0.39, 0.29) is 23.9 Å². The van der Waals surface area contributed by atoms with E-state index in [9.17, 15) is 13.6 Å². The molecule has 2 amide bonds. The minimum atomic E-state index is -2.38. The fourth-order valence-corrected chi connectivity index (χ4v) is 4.97. The van der Waals surface area contributed by atoms with Crippen LogP contribution in [0.5, 0.6) is 0 Å². The Labute approximate surface area is 203 Å². The third-order valence-electron chi connectivity index (χ3n) is 5.97. The largest absolute Gasteiger partial charge is 0.324 e. The first-order chi connectivity index (χ1) is 16.1. The SMILES string of the molecule is BC(B)(B)N(CC(F)F)C1CCN(C(=O)Nc2cc3cc(-c4nnc(C)s4)ncc3cn2)CC1. The highest BCUT2D eigenvalue weighted by molar-refractivity contribution is 7.14. The number of carbonyl (C=O) groups excluding carboxylic acids is 1. The average Bonchev–Trinajstić information content (AvgIpc) is 3.22. The van der Waals surface area contributed by atoms with Gasteiger partial charge in [0.15, 0.2) is 5.01 Å². The molecule has 0 spiro atoms. The van der Waals surface area contributed by atoms with Crippen LogP contribution in [0.25, 0.3) is 21.5 Å². The number of carbonyl (C=O) groups is 1. The van der Waals surface area contributed by atoms with E-state index in [1.807, 2.05) is 47.5 Å². The molecule has 8 nitrogen and oxygen atoms in total. The van der Waals surface area contributed by atoms with Gasteiger partial charge in [-0.05, 0) is 37.3 Å². The molecule has 4 rings (SSSR count). The van der Waals surface area contributed by atoms with Gasteiger partial charge >= 0.3 is 6.03 Å². The number of anilines is 1. The lowest BCUT2D eigenvalue weighted by atomic mass is 9.48. The lowest BCUT2D eigenvalue weighted by Gasteiger charge is -2.45. The van der Waals surface area contributed by atoms with Gasteiger partial charge in [-0.25, -0.2) is 18.6 Å². The van der Waals surface area contributed by atoms with Crippen molar-refractivity contribution >= 4 is 57.5 Å². The van der Waals surface area contributed by atoms with Crippen LogP contribution in [0.2, 0.25) is 0 Å². The molecule has 1 saturated heterocycles. The number of likely N-dealkylation sites (tertiary alicyclic amines) is 1. The molecule has 34 heavy (non-hydrogen) atoms. The standard InChI is InChI=1S/C20H26B3F2N7OS/c1-11-29-30-18(34-11)15-6-12-7-17(27-9-13(12)8-26-15)28-19(33)31-4-2-14(3-5-31)32(10-16(24)25)20(21,22)23/h6-9,14,16H,2-5,10,21-23H2,1H3,(H,27,28,33). The van der Waals surface area contributed by atoms with Crippen molar-refractivity contribution in [1.29, 1.82) is 0 Å². The van der Waals surface area contributed by atoms with E-state index in [2.05, 4.69) is 25.5 Å². The summed E-state index contributed by atoms with van der Waals surface area (Å²) in [5.41, 5.74) is 0.718. The third-order valence-corrected chi connectivity index (χ3v) is 6.83. The van der Waals surface area contributed by atoms with Gasteiger partial charge in [0, 0.05) is 36.9 Å². The van der Waals surface area contributed by atoms with E-state index in [0.717, 1.165) is 26.5 Å². The number of pyridine rings is 2. The van der Waals surface area contributed by atoms with Crippen LogP contribution in [0.1, 0.15) is 17.8 Å². The number of aryl methyl sites for hydroxylation is 1. The van der Waals surface area contributed by atoms with Crippen LogP contribution in [0.4, 0.5) is 19.4 Å². The third kappa shape index (κ3) is 5.72. The number of nitrogens with one attached hydrogen (secondary N) is 1. The quantitative estimate of drug-likeness (QED) is 0.516. The maximum Gasteiger partial charge on any atom is 0.323 e. The van der Waals surface area contributed by atoms with E-state index in [4.69, 9.17) is 0 Å². The van der Waals surface area contributed by atoms with E-state index in [1.54, 1.807) is 17.3 Å². The summed E-state index contributed by atoms with van der Waals surface area (Å²) in [4.78, 5) is 25.2. The zero-order chi connectivity index (χ0) is 24.5. The first-order valence-corrected chi connectivity index (χ1v) is 12.1. The Kier molecular flexibility index (Phi) is 7.18. The molecule has 4 heterocycles. The number of rotatable bonds is 6. The van der Waals surface area contributed by atoms with Crippen molar-refractivity contribution in [2.24, 2.45) is 0 Å². The summed E-state index contributed by atoms with van der Waals surface area (Å²) >= 11 is 1.47. The second-order valence-electron chi connectivity index (χ2n) is 9.48. The number of halogens is 2. The molecule has 14 heteroatoms. The van der Waals surface area contributed by atoms with Gasteiger partial charge in [-0.2, -0.15) is 0 Å². The molecule has 3 aromatic heterocycles. The van der Waals surface area contributed by atoms with Crippen LogP contribution in [0.15, 0.2) is 24.5 Å². The fourth-order valence-electron chi connectivity index (χ4n) is 4.31. The minimum absolute atomic E-state index is 0.0201. The maximum absolute atomic E-state index is 13.1. The summed E-state index contributed by atoms with van der Waals surface area (Å²) in [6.07, 6.45) is 2.32. The van der Waals surface area contributed by atoms with E-state index in [0.29, 0.717) is 31.7 Å². The number of alkyl halides is 2. The normalized spacial score (nSPS) is 15.4. The summed E-state index contributed by atoms with van der Waals surface area (Å²) in [7, 11) is 5.85. The van der Waals surface area contributed by atoms with Gasteiger partial charge in [-0.3, -0.25) is 10.3 Å². The van der Waals surface area contributed by atoms with Crippen LogP contribution < -0.4 is 5.32 Å². The second-order valence-corrected chi connectivity index (χ2v) is 10.7. The fraction of sp³-hybridized carbons (Fsp3) is 0.450. The van der Waals surface area contributed by atoms with Crippen LogP contribution in [-0.2, 0) is 0 Å². The molecule has 3 aromatic rings. The number of urea groups is 1. The van der Waals surface area contributed by atoms with Gasteiger partial charge in [0.25, 0.3) is 6.43 Å². The topological polar surface area (TPSA) is 87.1 Å². The van der Waals surface area contributed by atoms with Crippen molar-refractivity contribution in [3.05, 3.63) is 29.5 Å². The molecule has 1 aliphatic heterocycles. The van der Waals surface area contributed by atoms with E-state index >= 15 is 0 Å². The molecular weight excluding hydrogens is 457 g/mol. The Morgan fingerprint density at radius 2 is 1.91 bits per heavy atom. The van der Waals surface area contributed by atoms with Gasteiger partial charge in [0.05, 0.1) is 6.54 Å². The van der Waals surface area contributed by atoms with Crippen molar-refractivity contribution < 1.29 is 13.6 Å². The molecule has 1 aliphatic rings. The van der Waals surface area contributed by atoms with Crippen molar-refractivity contribution in [3.8, 4) is 10.7 Å². The Hall–Kier alpha value is -2.60. The lowest BCUT2D eigenvalue weighted by molar-refractivity contribution is 0.0443. The summed E-state index contributed by atoms with van der Waals surface area (Å²) in [6.45, 7) is 2.64. The number of piperidine rings is 1. The smallest absolute Gasteiger partial charge is 0.323 e. The van der Waals surface area contributed by atoms with Gasteiger partial charge in [-0.15, -0.1) is 10.2 Å². The average molecular weight is 483 g/mol. The molecule has 0 radical (unpaired) electrons. The molecule has 1 N–H and O–H groups in total. The second kappa shape index (κ2) is 9.95. The predicted molar refractivity (Wildman–Crippen MR) is 138 cm³/mol. The number of nitrogens with zero attached hydrogens (tertiary/aromatic N) is 6. The Balaban J connectivity index is 1.41. The Morgan fingerprint density at radius 3 is 2.53 bits per heavy atom. The highest BCUT2D eigenvalue weighted by Crippen LogP contribution is 2.26. The highest BCUT2D eigenvalue weighted by Gasteiger charge is 2.34. The molecule has 0 saturated carbocycles.